The van der Waals surface area contributed by atoms with Crippen molar-refractivity contribution in [2.45, 2.75) is 31.4 Å². The first-order valence-electron chi connectivity index (χ1n) is 5.08. The van der Waals surface area contributed by atoms with Crippen LogP contribution in [0.2, 0.25) is 6.04 Å². The highest BCUT2D eigenvalue weighted by molar-refractivity contribution is 6.60. The van der Waals surface area contributed by atoms with Gasteiger partial charge in [-0.05, 0) is 12.8 Å². The van der Waals surface area contributed by atoms with Crippen molar-refractivity contribution in [2.24, 2.45) is 0 Å². The predicted molar refractivity (Wildman–Crippen MR) is 58.5 cm³/mol. The number of aliphatic hydroxyl groups is 2. The van der Waals surface area contributed by atoms with Crippen molar-refractivity contribution in [3.63, 3.8) is 0 Å². The molecule has 2 N–H and O–H groups in total. The molecular weight excluding hydrogens is 216 g/mol. The van der Waals surface area contributed by atoms with E-state index in [4.69, 9.17) is 23.5 Å². The summed E-state index contributed by atoms with van der Waals surface area (Å²) in [4.78, 5) is 0. The van der Waals surface area contributed by atoms with Crippen LogP contribution in [-0.4, -0.2) is 53.1 Å². The highest BCUT2D eigenvalue weighted by Crippen LogP contribution is 2.17. The normalized spacial score (nSPS) is 14.2. The molecule has 1 unspecified atom stereocenters. The van der Waals surface area contributed by atoms with E-state index in [2.05, 4.69) is 0 Å². The standard InChI is InChI=1S/C9H22O5Si/c1-12-15(13-2,14-3)7-5-4-6-9(11)8-10/h9-11H,4-8H2,1-3H3. The van der Waals surface area contributed by atoms with E-state index >= 15 is 0 Å². The molecular formula is C9H22O5Si. The van der Waals surface area contributed by atoms with Gasteiger partial charge in [0.1, 0.15) is 0 Å². The van der Waals surface area contributed by atoms with Crippen LogP contribution in [0.1, 0.15) is 19.3 Å². The second-order valence-electron chi connectivity index (χ2n) is 3.38. The topological polar surface area (TPSA) is 68.2 Å². The fraction of sp³-hybridized carbons (Fsp3) is 1.00. The van der Waals surface area contributed by atoms with Gasteiger partial charge in [-0.1, -0.05) is 6.42 Å². The van der Waals surface area contributed by atoms with E-state index < -0.39 is 14.9 Å². The van der Waals surface area contributed by atoms with Crippen molar-refractivity contribution in [3.8, 4) is 0 Å². The maximum absolute atomic E-state index is 9.13. The molecule has 15 heavy (non-hydrogen) atoms. The third-order valence-electron chi connectivity index (χ3n) is 2.41. The van der Waals surface area contributed by atoms with Gasteiger partial charge in [0, 0.05) is 27.4 Å². The molecule has 92 valence electrons. The SMILES string of the molecule is CO[Si](CCCCC(O)CO)(OC)OC. The fourth-order valence-electron chi connectivity index (χ4n) is 1.37. The van der Waals surface area contributed by atoms with E-state index in [-0.39, 0.29) is 6.61 Å². The molecule has 0 aromatic heterocycles. The Labute approximate surface area is 92.3 Å². The van der Waals surface area contributed by atoms with Crippen molar-refractivity contribution in [1.29, 1.82) is 0 Å². The molecule has 0 heterocycles. The van der Waals surface area contributed by atoms with Crippen molar-refractivity contribution in [2.75, 3.05) is 27.9 Å². The first kappa shape index (κ1) is 15.0. The molecule has 0 aliphatic carbocycles. The number of unbranched alkanes of at least 4 members (excludes halogenated alkanes) is 1. The van der Waals surface area contributed by atoms with Crippen LogP contribution in [0, 0.1) is 0 Å². The zero-order valence-electron chi connectivity index (χ0n) is 9.73. The fourth-order valence-corrected chi connectivity index (χ4v) is 3.16. The van der Waals surface area contributed by atoms with Crippen LogP contribution in [0.25, 0.3) is 0 Å². The van der Waals surface area contributed by atoms with Crippen LogP contribution in [0.5, 0.6) is 0 Å². The summed E-state index contributed by atoms with van der Waals surface area (Å²) in [5.41, 5.74) is 0. The zero-order valence-corrected chi connectivity index (χ0v) is 10.7. The molecule has 0 fully saturated rings. The summed E-state index contributed by atoms with van der Waals surface area (Å²) in [5.74, 6) is 0. The number of rotatable bonds is 9. The van der Waals surface area contributed by atoms with Gasteiger partial charge in [0.05, 0.1) is 12.7 Å². The van der Waals surface area contributed by atoms with E-state index in [1.807, 2.05) is 0 Å². The highest BCUT2D eigenvalue weighted by Gasteiger charge is 2.36. The van der Waals surface area contributed by atoms with E-state index in [1.54, 1.807) is 21.3 Å². The van der Waals surface area contributed by atoms with Crippen LogP contribution in [0.3, 0.4) is 0 Å². The molecule has 0 saturated heterocycles. The Bertz CT molecular complexity index is 143. The molecule has 0 bridgehead atoms. The van der Waals surface area contributed by atoms with Crippen LogP contribution in [-0.2, 0) is 13.3 Å². The van der Waals surface area contributed by atoms with Crippen LogP contribution >= 0.6 is 0 Å². The highest BCUT2D eigenvalue weighted by atomic mass is 28.4. The third kappa shape index (κ3) is 5.60. The monoisotopic (exact) mass is 238 g/mol. The Morgan fingerprint density at radius 2 is 1.60 bits per heavy atom. The molecule has 0 saturated carbocycles. The van der Waals surface area contributed by atoms with Gasteiger partial charge in [0.15, 0.2) is 0 Å². The van der Waals surface area contributed by atoms with Crippen molar-refractivity contribution in [1.82, 2.24) is 0 Å². The van der Waals surface area contributed by atoms with Gasteiger partial charge in [-0.2, -0.15) is 0 Å². The zero-order chi connectivity index (χ0) is 11.7. The van der Waals surface area contributed by atoms with Gasteiger partial charge in [-0.25, -0.2) is 0 Å². The second-order valence-corrected chi connectivity index (χ2v) is 6.47. The van der Waals surface area contributed by atoms with E-state index in [9.17, 15) is 0 Å². The summed E-state index contributed by atoms with van der Waals surface area (Å²) in [6, 6.07) is 0.731. The van der Waals surface area contributed by atoms with Crippen LogP contribution < -0.4 is 0 Å². The van der Waals surface area contributed by atoms with E-state index in [1.165, 1.54) is 0 Å². The lowest BCUT2D eigenvalue weighted by atomic mass is 10.2. The van der Waals surface area contributed by atoms with Gasteiger partial charge in [-0.3, -0.25) is 0 Å². The quantitative estimate of drug-likeness (QED) is 0.449. The molecule has 6 heteroatoms. The first-order chi connectivity index (χ1) is 7.14. The first-order valence-corrected chi connectivity index (χ1v) is 7.01. The van der Waals surface area contributed by atoms with Crippen molar-refractivity contribution in [3.05, 3.63) is 0 Å². The maximum atomic E-state index is 9.13. The Morgan fingerprint density at radius 3 is 2.00 bits per heavy atom. The lowest BCUT2D eigenvalue weighted by molar-refractivity contribution is 0.0852. The van der Waals surface area contributed by atoms with Gasteiger partial charge in [0.25, 0.3) is 0 Å². The van der Waals surface area contributed by atoms with Gasteiger partial charge in [0.2, 0.25) is 0 Å². The Balaban J connectivity index is 3.72. The summed E-state index contributed by atoms with van der Waals surface area (Å²) in [7, 11) is 2.31. The lowest BCUT2D eigenvalue weighted by Crippen LogP contribution is -2.42. The van der Waals surface area contributed by atoms with E-state index in [0.29, 0.717) is 6.42 Å². The minimum absolute atomic E-state index is 0.179. The smallest absolute Gasteiger partial charge is 0.394 e. The average Bonchev–Trinajstić information content (AvgIpc) is 2.30. The molecule has 0 aromatic carbocycles. The molecule has 0 aliphatic rings. The average molecular weight is 238 g/mol. The van der Waals surface area contributed by atoms with E-state index in [0.717, 1.165) is 18.9 Å². The number of aliphatic hydroxyl groups excluding tert-OH is 2. The number of hydrogen-bond donors (Lipinski definition) is 2. The molecule has 0 amide bonds. The van der Waals surface area contributed by atoms with Gasteiger partial charge >= 0.3 is 8.80 Å². The third-order valence-corrected chi connectivity index (χ3v) is 5.25. The minimum Gasteiger partial charge on any atom is -0.394 e. The molecule has 0 spiro atoms. The van der Waals surface area contributed by atoms with Gasteiger partial charge < -0.3 is 23.5 Å². The second kappa shape index (κ2) is 8.20. The molecule has 0 aliphatic heterocycles. The molecule has 1 atom stereocenters. The van der Waals surface area contributed by atoms with Gasteiger partial charge in [-0.15, -0.1) is 0 Å². The summed E-state index contributed by atoms with van der Waals surface area (Å²) in [6.07, 6.45) is 1.66. The molecule has 0 aromatic rings. The van der Waals surface area contributed by atoms with Crippen LogP contribution in [0.15, 0.2) is 0 Å². The van der Waals surface area contributed by atoms with Crippen LogP contribution in [0.4, 0.5) is 0 Å². The van der Waals surface area contributed by atoms with Crippen molar-refractivity contribution >= 4 is 8.80 Å². The largest absolute Gasteiger partial charge is 0.500 e. The molecule has 5 nitrogen and oxygen atoms in total. The summed E-state index contributed by atoms with van der Waals surface area (Å²) in [6.45, 7) is -0.179. The summed E-state index contributed by atoms with van der Waals surface area (Å²) in [5, 5.41) is 17.7. The predicted octanol–water partition coefficient (Wildman–Crippen LogP) is 0.388. The summed E-state index contributed by atoms with van der Waals surface area (Å²) < 4.78 is 15.8. The Morgan fingerprint density at radius 1 is 1.07 bits per heavy atom. The molecule has 0 radical (unpaired) electrons. The number of hydrogen-bond acceptors (Lipinski definition) is 5. The summed E-state index contributed by atoms with van der Waals surface area (Å²) >= 11 is 0. The maximum Gasteiger partial charge on any atom is 0.500 e. The Kier molecular flexibility index (Phi) is 8.21. The lowest BCUT2D eigenvalue weighted by Gasteiger charge is -2.24. The minimum atomic E-state index is -2.44. The van der Waals surface area contributed by atoms with Crippen molar-refractivity contribution < 1.29 is 23.5 Å². The Hall–Kier alpha value is 0.0169. The molecule has 0 rings (SSSR count).